The predicted octanol–water partition coefficient (Wildman–Crippen LogP) is 5.17. The largest absolute Gasteiger partial charge is 0.434 e. The van der Waals surface area contributed by atoms with Crippen molar-refractivity contribution in [2.45, 2.75) is 52.4 Å². The van der Waals surface area contributed by atoms with Crippen molar-refractivity contribution in [1.29, 1.82) is 0 Å². The third kappa shape index (κ3) is 3.60. The van der Waals surface area contributed by atoms with Gasteiger partial charge in [-0.25, -0.2) is 4.99 Å². The average Bonchev–Trinajstić information content (AvgIpc) is 2.77. The highest BCUT2D eigenvalue weighted by Crippen LogP contribution is 2.25. The van der Waals surface area contributed by atoms with Crippen LogP contribution in [0.5, 0.6) is 0 Å². The van der Waals surface area contributed by atoms with Crippen LogP contribution in [0.4, 0.5) is 5.69 Å². The second-order valence-corrected chi connectivity index (χ2v) is 7.95. The van der Waals surface area contributed by atoms with E-state index >= 15 is 0 Å². The molecule has 1 heterocycles. The molecule has 3 heteroatoms. The molecule has 1 aromatic heterocycles. The summed E-state index contributed by atoms with van der Waals surface area (Å²) in [7, 11) is 0. The van der Waals surface area contributed by atoms with Crippen LogP contribution in [0.15, 0.2) is 39.1 Å². The molecule has 0 spiro atoms. The standard InChI is InChI=1S/C17H23NOS/c1-16(2,3)12-7-9-13(10-8-12)18-15-19-14(11-20-15)17(4,5)6/h7-11H,1-6H3. The van der Waals surface area contributed by atoms with Crippen LogP contribution in [0, 0.1) is 0 Å². The summed E-state index contributed by atoms with van der Waals surface area (Å²) >= 11 is 1.55. The molecule has 0 N–H and O–H groups in total. The number of benzene rings is 1. The number of rotatable bonds is 1. The fourth-order valence-electron chi connectivity index (χ4n) is 1.77. The zero-order valence-corrected chi connectivity index (χ0v) is 14.0. The summed E-state index contributed by atoms with van der Waals surface area (Å²) in [5.41, 5.74) is 2.45. The van der Waals surface area contributed by atoms with Crippen LogP contribution in [0.25, 0.3) is 0 Å². The highest BCUT2D eigenvalue weighted by atomic mass is 32.1. The van der Waals surface area contributed by atoms with Gasteiger partial charge in [-0.05, 0) is 23.1 Å². The minimum Gasteiger partial charge on any atom is -0.434 e. The molecule has 0 unspecified atom stereocenters. The van der Waals surface area contributed by atoms with Crippen LogP contribution in [-0.2, 0) is 10.8 Å². The molecule has 0 saturated heterocycles. The van der Waals surface area contributed by atoms with Crippen LogP contribution in [-0.4, -0.2) is 0 Å². The van der Waals surface area contributed by atoms with Gasteiger partial charge in [0.2, 0.25) is 0 Å². The summed E-state index contributed by atoms with van der Waals surface area (Å²) in [4.78, 5) is 5.26. The molecule has 0 fully saturated rings. The summed E-state index contributed by atoms with van der Waals surface area (Å²) in [6.45, 7) is 13.1. The van der Waals surface area contributed by atoms with E-state index in [1.165, 1.54) is 5.56 Å². The molecule has 2 aromatic rings. The molecule has 2 rings (SSSR count). The topological polar surface area (TPSA) is 25.5 Å². The van der Waals surface area contributed by atoms with Crippen molar-refractivity contribution in [2.75, 3.05) is 0 Å². The zero-order chi connectivity index (χ0) is 15.0. The molecule has 0 aliphatic rings. The number of hydrogen-bond acceptors (Lipinski definition) is 3. The van der Waals surface area contributed by atoms with E-state index < -0.39 is 0 Å². The molecular formula is C17H23NOS. The van der Waals surface area contributed by atoms with Crippen molar-refractivity contribution in [1.82, 2.24) is 0 Å². The van der Waals surface area contributed by atoms with Gasteiger partial charge in [0.05, 0.1) is 5.69 Å². The molecular weight excluding hydrogens is 266 g/mol. The SMILES string of the molecule is CC(C)(C)c1ccc(N=c2oc(C(C)(C)C)cs2)cc1. The molecule has 0 bridgehead atoms. The Kier molecular flexibility index (Phi) is 3.92. The Morgan fingerprint density at radius 2 is 1.50 bits per heavy atom. The van der Waals surface area contributed by atoms with Gasteiger partial charge in [-0.1, -0.05) is 65.0 Å². The fourth-order valence-corrected chi connectivity index (χ4v) is 2.67. The Labute approximate surface area is 125 Å². The van der Waals surface area contributed by atoms with Gasteiger partial charge in [0.1, 0.15) is 5.76 Å². The summed E-state index contributed by atoms with van der Waals surface area (Å²) in [6, 6.07) is 8.37. The summed E-state index contributed by atoms with van der Waals surface area (Å²) in [5, 5.41) is 2.04. The maximum absolute atomic E-state index is 5.80. The van der Waals surface area contributed by atoms with Crippen molar-refractivity contribution >= 4 is 17.0 Å². The lowest BCUT2D eigenvalue weighted by Gasteiger charge is -2.18. The Morgan fingerprint density at radius 3 is 1.95 bits per heavy atom. The molecule has 2 nitrogen and oxygen atoms in total. The molecule has 0 radical (unpaired) electrons. The molecule has 0 amide bonds. The maximum Gasteiger partial charge on any atom is 0.278 e. The van der Waals surface area contributed by atoms with E-state index in [0.717, 1.165) is 11.4 Å². The van der Waals surface area contributed by atoms with Crippen molar-refractivity contribution in [3.8, 4) is 0 Å². The van der Waals surface area contributed by atoms with Crippen LogP contribution < -0.4 is 4.87 Å². The molecule has 0 atom stereocenters. The highest BCUT2D eigenvalue weighted by molar-refractivity contribution is 7.07. The molecule has 20 heavy (non-hydrogen) atoms. The monoisotopic (exact) mass is 289 g/mol. The third-order valence-corrected chi connectivity index (χ3v) is 3.87. The molecule has 1 aromatic carbocycles. The normalized spacial score (nSPS) is 13.8. The van der Waals surface area contributed by atoms with E-state index in [1.54, 1.807) is 11.3 Å². The molecule has 0 saturated carbocycles. The van der Waals surface area contributed by atoms with Gasteiger partial charge in [-0.15, -0.1) is 0 Å². The number of hydrogen-bond donors (Lipinski definition) is 0. The maximum atomic E-state index is 5.80. The first kappa shape index (κ1) is 15.0. The van der Waals surface area contributed by atoms with Gasteiger partial charge in [0.15, 0.2) is 0 Å². The zero-order valence-electron chi connectivity index (χ0n) is 13.2. The lowest BCUT2D eigenvalue weighted by molar-refractivity contribution is 0.388. The van der Waals surface area contributed by atoms with Gasteiger partial charge in [0, 0.05) is 10.8 Å². The van der Waals surface area contributed by atoms with Gasteiger partial charge >= 0.3 is 0 Å². The summed E-state index contributed by atoms with van der Waals surface area (Å²) in [5.74, 6) is 0.979. The van der Waals surface area contributed by atoms with E-state index in [2.05, 4.69) is 58.7 Å². The van der Waals surface area contributed by atoms with E-state index in [-0.39, 0.29) is 10.8 Å². The first-order valence-corrected chi connectivity index (χ1v) is 7.78. The minimum absolute atomic E-state index is 0.0281. The first-order valence-electron chi connectivity index (χ1n) is 6.91. The summed E-state index contributed by atoms with van der Waals surface area (Å²) in [6.07, 6.45) is 0. The Hall–Kier alpha value is -1.35. The van der Waals surface area contributed by atoms with E-state index in [9.17, 15) is 0 Å². The quantitative estimate of drug-likeness (QED) is 0.711. The predicted molar refractivity (Wildman–Crippen MR) is 85.7 cm³/mol. The smallest absolute Gasteiger partial charge is 0.278 e. The fraction of sp³-hybridized carbons (Fsp3) is 0.471. The van der Waals surface area contributed by atoms with Crippen LogP contribution in [0.2, 0.25) is 0 Å². The first-order chi connectivity index (χ1) is 9.16. The van der Waals surface area contributed by atoms with Gasteiger partial charge < -0.3 is 4.42 Å². The second kappa shape index (κ2) is 5.21. The van der Waals surface area contributed by atoms with E-state index in [4.69, 9.17) is 4.42 Å². The van der Waals surface area contributed by atoms with Gasteiger partial charge in [0.25, 0.3) is 4.87 Å². The third-order valence-electron chi connectivity index (χ3n) is 3.16. The van der Waals surface area contributed by atoms with E-state index in [1.807, 2.05) is 17.5 Å². The van der Waals surface area contributed by atoms with Crippen LogP contribution in [0.1, 0.15) is 52.9 Å². The molecule has 0 aliphatic heterocycles. The Bertz CT molecular complexity index is 633. The lowest BCUT2D eigenvalue weighted by Crippen LogP contribution is -2.10. The van der Waals surface area contributed by atoms with Gasteiger partial charge in [-0.2, -0.15) is 0 Å². The van der Waals surface area contributed by atoms with Crippen LogP contribution in [0.3, 0.4) is 0 Å². The van der Waals surface area contributed by atoms with Crippen molar-refractivity contribution in [2.24, 2.45) is 4.99 Å². The number of nitrogens with zero attached hydrogens (tertiary/aromatic N) is 1. The minimum atomic E-state index is 0.0281. The van der Waals surface area contributed by atoms with Crippen molar-refractivity contribution in [3.63, 3.8) is 0 Å². The van der Waals surface area contributed by atoms with Crippen molar-refractivity contribution < 1.29 is 4.42 Å². The second-order valence-electron chi connectivity index (χ2n) is 7.13. The molecule has 108 valence electrons. The highest BCUT2D eigenvalue weighted by Gasteiger charge is 2.17. The van der Waals surface area contributed by atoms with E-state index in [0.29, 0.717) is 4.87 Å². The Morgan fingerprint density at radius 1 is 0.900 bits per heavy atom. The van der Waals surface area contributed by atoms with Gasteiger partial charge in [-0.3, -0.25) is 0 Å². The summed E-state index contributed by atoms with van der Waals surface area (Å²) < 4.78 is 5.80. The van der Waals surface area contributed by atoms with Crippen LogP contribution >= 0.6 is 11.3 Å². The Balaban J connectivity index is 2.30. The molecule has 0 aliphatic carbocycles. The average molecular weight is 289 g/mol. The lowest BCUT2D eigenvalue weighted by atomic mass is 9.87. The van der Waals surface area contributed by atoms with Crippen molar-refractivity contribution in [3.05, 3.63) is 45.8 Å².